The Balaban J connectivity index is 2.46. The number of nitrogens with zero attached hydrogens (tertiary/aromatic N) is 1. The van der Waals surface area contributed by atoms with Crippen LogP contribution in [0.25, 0.3) is 0 Å². The van der Waals surface area contributed by atoms with Gasteiger partial charge in [-0.1, -0.05) is 26.1 Å². The smallest absolute Gasteiger partial charge is 0.105 e. The van der Waals surface area contributed by atoms with E-state index in [0.29, 0.717) is 11.0 Å². The number of thiocarbonyl (C=S) groups is 1. The van der Waals surface area contributed by atoms with E-state index >= 15 is 0 Å². The topological polar surface area (TPSA) is 41.3 Å². The fraction of sp³-hybridized carbons (Fsp3) is 0.562. The summed E-state index contributed by atoms with van der Waals surface area (Å²) in [5.74, 6) is 0. The summed E-state index contributed by atoms with van der Waals surface area (Å²) < 4.78 is 0.940. The molecule has 0 aliphatic carbocycles. The Morgan fingerprint density at radius 1 is 1.38 bits per heavy atom. The summed E-state index contributed by atoms with van der Waals surface area (Å²) in [5, 5.41) is 3.53. The summed E-state index contributed by atoms with van der Waals surface area (Å²) in [7, 11) is 0. The second-order valence-corrected chi connectivity index (χ2v) is 6.57. The molecular weight excluding hydrogens is 346 g/mol. The highest BCUT2D eigenvalue weighted by atomic mass is 79.9. The summed E-state index contributed by atoms with van der Waals surface area (Å²) >= 11 is 8.52. The molecule has 0 spiro atoms. The fourth-order valence-corrected chi connectivity index (χ4v) is 3.22. The standard InChI is InChI=1S/C16H26BrN3S/c1-4-20(5-2)10-6-7-12(3)19-13-8-9-14(16(18)21)15(17)11-13/h8-9,11-12,19H,4-7,10H2,1-3H3,(H2,18,21). The van der Waals surface area contributed by atoms with Gasteiger partial charge in [0.1, 0.15) is 4.99 Å². The molecule has 1 aromatic rings. The van der Waals surface area contributed by atoms with Gasteiger partial charge in [0.05, 0.1) is 0 Å². The van der Waals surface area contributed by atoms with Crippen molar-refractivity contribution in [3.63, 3.8) is 0 Å². The van der Waals surface area contributed by atoms with Crippen molar-refractivity contribution >= 4 is 38.8 Å². The van der Waals surface area contributed by atoms with Crippen molar-refractivity contribution in [3.8, 4) is 0 Å². The highest BCUT2D eigenvalue weighted by Crippen LogP contribution is 2.22. The van der Waals surface area contributed by atoms with Crippen molar-refractivity contribution in [2.75, 3.05) is 25.0 Å². The Hall–Kier alpha value is -0.650. The lowest BCUT2D eigenvalue weighted by Crippen LogP contribution is -2.25. The third-order valence-corrected chi connectivity index (χ3v) is 4.53. The van der Waals surface area contributed by atoms with Crippen molar-refractivity contribution in [1.82, 2.24) is 4.90 Å². The third kappa shape index (κ3) is 6.32. The van der Waals surface area contributed by atoms with E-state index < -0.39 is 0 Å². The zero-order valence-electron chi connectivity index (χ0n) is 13.2. The molecule has 0 aromatic heterocycles. The minimum Gasteiger partial charge on any atom is -0.389 e. The van der Waals surface area contributed by atoms with E-state index in [9.17, 15) is 0 Å². The van der Waals surface area contributed by atoms with Crippen molar-refractivity contribution in [2.45, 2.75) is 39.7 Å². The maximum Gasteiger partial charge on any atom is 0.105 e. The van der Waals surface area contributed by atoms with Gasteiger partial charge in [0.25, 0.3) is 0 Å². The van der Waals surface area contributed by atoms with Crippen LogP contribution in [0.5, 0.6) is 0 Å². The van der Waals surface area contributed by atoms with E-state index in [1.165, 1.54) is 13.0 Å². The first-order valence-electron chi connectivity index (χ1n) is 7.56. The van der Waals surface area contributed by atoms with Gasteiger partial charge >= 0.3 is 0 Å². The van der Waals surface area contributed by atoms with Crippen LogP contribution in [-0.4, -0.2) is 35.6 Å². The summed E-state index contributed by atoms with van der Waals surface area (Å²) in [6.07, 6.45) is 2.37. The lowest BCUT2D eigenvalue weighted by molar-refractivity contribution is 0.295. The molecule has 0 radical (unpaired) electrons. The molecule has 118 valence electrons. The van der Waals surface area contributed by atoms with Gasteiger partial charge < -0.3 is 16.0 Å². The maximum atomic E-state index is 5.66. The molecular formula is C16H26BrN3S. The van der Waals surface area contributed by atoms with Crippen LogP contribution < -0.4 is 11.1 Å². The molecule has 21 heavy (non-hydrogen) atoms. The van der Waals surface area contributed by atoms with E-state index in [0.717, 1.165) is 35.2 Å². The predicted octanol–water partition coefficient (Wildman–Crippen LogP) is 4.01. The first kappa shape index (κ1) is 18.4. The molecule has 0 fully saturated rings. The van der Waals surface area contributed by atoms with Gasteiger partial charge in [0.2, 0.25) is 0 Å². The Morgan fingerprint density at radius 2 is 2.05 bits per heavy atom. The zero-order valence-corrected chi connectivity index (χ0v) is 15.6. The summed E-state index contributed by atoms with van der Waals surface area (Å²) in [6, 6.07) is 6.47. The Morgan fingerprint density at radius 3 is 2.57 bits per heavy atom. The second-order valence-electron chi connectivity index (χ2n) is 5.27. The average Bonchev–Trinajstić information content (AvgIpc) is 2.43. The highest BCUT2D eigenvalue weighted by molar-refractivity contribution is 9.10. The van der Waals surface area contributed by atoms with Crippen LogP contribution in [-0.2, 0) is 0 Å². The monoisotopic (exact) mass is 371 g/mol. The number of nitrogens with one attached hydrogen (secondary N) is 1. The molecule has 0 amide bonds. The molecule has 5 heteroatoms. The van der Waals surface area contributed by atoms with E-state index in [2.05, 4.69) is 46.9 Å². The minimum atomic E-state index is 0.417. The van der Waals surface area contributed by atoms with E-state index in [1.54, 1.807) is 0 Å². The number of nitrogens with two attached hydrogens (primary N) is 1. The Kier molecular flexibility index (Phi) is 8.22. The lowest BCUT2D eigenvalue weighted by Gasteiger charge is -2.20. The second kappa shape index (κ2) is 9.38. The number of benzene rings is 1. The molecule has 0 saturated carbocycles. The molecule has 1 unspecified atom stereocenters. The van der Waals surface area contributed by atoms with Gasteiger partial charge in [-0.3, -0.25) is 0 Å². The van der Waals surface area contributed by atoms with Crippen LogP contribution in [0.3, 0.4) is 0 Å². The fourth-order valence-electron chi connectivity index (χ4n) is 2.32. The van der Waals surface area contributed by atoms with Gasteiger partial charge in [-0.25, -0.2) is 0 Å². The molecule has 1 atom stereocenters. The number of hydrogen-bond acceptors (Lipinski definition) is 3. The normalized spacial score (nSPS) is 12.4. The largest absolute Gasteiger partial charge is 0.389 e. The number of rotatable bonds is 9. The Labute approximate surface area is 142 Å². The molecule has 0 aliphatic heterocycles. The van der Waals surface area contributed by atoms with Crippen LogP contribution >= 0.6 is 28.1 Å². The van der Waals surface area contributed by atoms with E-state index in [-0.39, 0.29) is 0 Å². The number of halogens is 1. The van der Waals surface area contributed by atoms with Crippen molar-refractivity contribution in [1.29, 1.82) is 0 Å². The molecule has 1 aromatic carbocycles. The molecule has 0 saturated heterocycles. The SMILES string of the molecule is CCN(CC)CCCC(C)Nc1ccc(C(N)=S)c(Br)c1. The number of hydrogen-bond donors (Lipinski definition) is 2. The molecule has 0 heterocycles. The Bertz CT molecular complexity index is 461. The highest BCUT2D eigenvalue weighted by Gasteiger charge is 2.07. The van der Waals surface area contributed by atoms with Gasteiger partial charge in [-0.05, 0) is 73.5 Å². The van der Waals surface area contributed by atoms with Crippen molar-refractivity contribution < 1.29 is 0 Å². The van der Waals surface area contributed by atoms with Gasteiger partial charge in [0, 0.05) is 21.8 Å². The van der Waals surface area contributed by atoms with Crippen LogP contribution in [0.1, 0.15) is 39.2 Å². The van der Waals surface area contributed by atoms with Crippen molar-refractivity contribution in [2.24, 2.45) is 5.73 Å². The molecule has 3 N–H and O–H groups in total. The lowest BCUT2D eigenvalue weighted by atomic mass is 10.1. The van der Waals surface area contributed by atoms with Crippen LogP contribution in [0.2, 0.25) is 0 Å². The van der Waals surface area contributed by atoms with Gasteiger partial charge in [0.15, 0.2) is 0 Å². The minimum absolute atomic E-state index is 0.417. The van der Waals surface area contributed by atoms with Crippen LogP contribution in [0.15, 0.2) is 22.7 Å². The summed E-state index contributed by atoms with van der Waals surface area (Å²) in [4.78, 5) is 2.88. The molecule has 0 aliphatic rings. The molecule has 1 rings (SSSR count). The first-order chi connectivity index (χ1) is 9.97. The first-order valence-corrected chi connectivity index (χ1v) is 8.76. The van der Waals surface area contributed by atoms with Gasteiger partial charge in [-0.2, -0.15) is 0 Å². The quantitative estimate of drug-likeness (QED) is 0.643. The summed E-state index contributed by atoms with van der Waals surface area (Å²) in [6.45, 7) is 10.1. The van der Waals surface area contributed by atoms with Gasteiger partial charge in [-0.15, -0.1) is 0 Å². The van der Waals surface area contributed by atoms with Crippen LogP contribution in [0.4, 0.5) is 5.69 Å². The van der Waals surface area contributed by atoms with Crippen molar-refractivity contribution in [3.05, 3.63) is 28.2 Å². The van der Waals surface area contributed by atoms with E-state index in [4.69, 9.17) is 18.0 Å². The van der Waals surface area contributed by atoms with Crippen LogP contribution in [0, 0.1) is 0 Å². The maximum absolute atomic E-state index is 5.66. The van der Waals surface area contributed by atoms with E-state index in [1.807, 2.05) is 18.2 Å². The molecule has 0 bridgehead atoms. The zero-order chi connectivity index (χ0) is 15.8. The third-order valence-electron chi connectivity index (χ3n) is 3.65. The predicted molar refractivity (Wildman–Crippen MR) is 100 cm³/mol. The summed E-state index contributed by atoms with van der Waals surface area (Å²) in [5.41, 5.74) is 7.64. The average molecular weight is 372 g/mol. The number of anilines is 1. The molecule has 3 nitrogen and oxygen atoms in total.